The van der Waals surface area contributed by atoms with E-state index in [2.05, 4.69) is 10.3 Å². The molecule has 0 radical (unpaired) electrons. The molecule has 9 heteroatoms. The van der Waals surface area contributed by atoms with Crippen molar-refractivity contribution in [3.8, 4) is 0 Å². The molecular weight excluding hydrogens is 314 g/mol. The van der Waals surface area contributed by atoms with Crippen molar-refractivity contribution < 1.29 is 14.8 Å². The lowest BCUT2D eigenvalue weighted by Crippen LogP contribution is -2.58. The van der Waals surface area contributed by atoms with Gasteiger partial charge in [-0.1, -0.05) is 20.8 Å². The number of nitrogen functional groups attached to an aromatic ring is 1. The molecule has 1 saturated heterocycles. The molecule has 1 amide bonds. The fraction of sp³-hybridized carbons (Fsp3) is 0.600. The fourth-order valence-corrected chi connectivity index (χ4v) is 3.32. The summed E-state index contributed by atoms with van der Waals surface area (Å²) in [4.78, 5) is 27.3. The molecule has 0 aromatic carbocycles. The van der Waals surface area contributed by atoms with Gasteiger partial charge in [0.2, 0.25) is 5.82 Å². The van der Waals surface area contributed by atoms with E-state index in [-0.39, 0.29) is 29.0 Å². The summed E-state index contributed by atoms with van der Waals surface area (Å²) >= 11 is 0. The molecule has 2 atom stereocenters. The van der Waals surface area contributed by atoms with Gasteiger partial charge in [0, 0.05) is 18.7 Å². The number of nitro groups is 1. The Bertz CT molecular complexity index is 643. The van der Waals surface area contributed by atoms with Crippen LogP contribution in [0.5, 0.6) is 0 Å². The van der Waals surface area contributed by atoms with Crippen molar-refractivity contribution in [1.82, 2.24) is 9.88 Å². The highest BCUT2D eigenvalue weighted by Crippen LogP contribution is 2.34. The first-order valence-electron chi connectivity index (χ1n) is 7.78. The van der Waals surface area contributed by atoms with Gasteiger partial charge in [0.05, 0.1) is 11.0 Å². The number of nitrogens with zero attached hydrogens (tertiary/aromatic N) is 3. The van der Waals surface area contributed by atoms with Crippen LogP contribution in [0.15, 0.2) is 12.1 Å². The number of pyridine rings is 1. The summed E-state index contributed by atoms with van der Waals surface area (Å²) in [6, 6.07) is 2.40. The van der Waals surface area contributed by atoms with E-state index in [0.717, 1.165) is 12.8 Å². The van der Waals surface area contributed by atoms with Crippen LogP contribution in [-0.2, 0) is 0 Å². The number of piperidine rings is 1. The van der Waals surface area contributed by atoms with Gasteiger partial charge in [-0.05, 0) is 24.3 Å². The van der Waals surface area contributed by atoms with Crippen LogP contribution in [0.3, 0.4) is 0 Å². The third-order valence-electron chi connectivity index (χ3n) is 4.20. The van der Waals surface area contributed by atoms with Crippen molar-refractivity contribution in [3.05, 3.63) is 22.2 Å². The molecule has 2 heterocycles. The minimum Gasteiger partial charge on any atom is -0.465 e. The summed E-state index contributed by atoms with van der Waals surface area (Å²) < 4.78 is 0. The van der Waals surface area contributed by atoms with Gasteiger partial charge in [-0.2, -0.15) is 0 Å². The second-order valence-electron chi connectivity index (χ2n) is 7.04. The molecule has 24 heavy (non-hydrogen) atoms. The molecule has 0 aliphatic carbocycles. The topological polar surface area (TPSA) is 135 Å². The van der Waals surface area contributed by atoms with Crippen molar-refractivity contribution in [2.75, 3.05) is 17.6 Å². The average molecular weight is 337 g/mol. The zero-order valence-corrected chi connectivity index (χ0v) is 14.0. The van der Waals surface area contributed by atoms with Crippen molar-refractivity contribution in [1.29, 1.82) is 0 Å². The van der Waals surface area contributed by atoms with Crippen LogP contribution < -0.4 is 11.1 Å². The van der Waals surface area contributed by atoms with E-state index in [0.29, 0.717) is 12.4 Å². The highest BCUT2D eigenvalue weighted by molar-refractivity contribution is 5.66. The minimum atomic E-state index is -0.947. The summed E-state index contributed by atoms with van der Waals surface area (Å²) in [5.74, 6) is 0.243. The summed E-state index contributed by atoms with van der Waals surface area (Å²) in [7, 11) is 0. The van der Waals surface area contributed by atoms with Gasteiger partial charge in [-0.3, -0.25) is 10.1 Å². The Morgan fingerprint density at radius 3 is 2.67 bits per heavy atom. The lowest BCUT2D eigenvalue weighted by atomic mass is 9.77. The Morgan fingerprint density at radius 2 is 2.17 bits per heavy atom. The van der Waals surface area contributed by atoms with E-state index < -0.39 is 11.0 Å². The molecule has 1 aliphatic rings. The van der Waals surface area contributed by atoms with Gasteiger partial charge in [-0.15, -0.1) is 0 Å². The molecule has 0 saturated carbocycles. The number of hydrogen-bond acceptors (Lipinski definition) is 6. The largest absolute Gasteiger partial charge is 0.465 e. The quantitative estimate of drug-likeness (QED) is 0.569. The Labute approximate surface area is 140 Å². The van der Waals surface area contributed by atoms with Crippen LogP contribution in [0.2, 0.25) is 0 Å². The van der Waals surface area contributed by atoms with Crippen LogP contribution in [0.1, 0.15) is 33.6 Å². The lowest BCUT2D eigenvalue weighted by Gasteiger charge is -2.47. The average Bonchev–Trinajstić information content (AvgIpc) is 2.45. The maximum atomic E-state index is 11.6. The van der Waals surface area contributed by atoms with Crippen LogP contribution >= 0.6 is 0 Å². The molecule has 4 N–H and O–H groups in total. The molecule has 1 aromatic heterocycles. The molecule has 9 nitrogen and oxygen atoms in total. The summed E-state index contributed by atoms with van der Waals surface area (Å²) in [5, 5.41) is 23.5. The third-order valence-corrected chi connectivity index (χ3v) is 4.20. The highest BCUT2D eigenvalue weighted by Gasteiger charge is 2.41. The number of nitrogens with two attached hydrogens (primary N) is 1. The first-order valence-corrected chi connectivity index (χ1v) is 7.78. The SMILES string of the molecule is CC(C)(C)C1C(Nc2ccc([N+](=O)[O-])c(N)n2)CCCN1C(=O)O. The van der Waals surface area contributed by atoms with Gasteiger partial charge >= 0.3 is 11.8 Å². The van der Waals surface area contributed by atoms with Crippen molar-refractivity contribution in [2.24, 2.45) is 5.41 Å². The Kier molecular flexibility index (Phi) is 4.81. The molecule has 1 aromatic rings. The predicted molar refractivity (Wildman–Crippen MR) is 89.9 cm³/mol. The van der Waals surface area contributed by atoms with E-state index in [1.807, 2.05) is 20.8 Å². The van der Waals surface area contributed by atoms with Gasteiger partial charge in [0.1, 0.15) is 5.82 Å². The number of nitrogens with one attached hydrogen (secondary N) is 1. The minimum absolute atomic E-state index is 0.150. The van der Waals surface area contributed by atoms with E-state index in [1.165, 1.54) is 17.0 Å². The molecule has 132 valence electrons. The molecular formula is C15H23N5O4. The number of hydrogen-bond donors (Lipinski definition) is 3. The molecule has 2 unspecified atom stereocenters. The Hall–Kier alpha value is -2.58. The molecule has 0 bridgehead atoms. The summed E-state index contributed by atoms with van der Waals surface area (Å²) in [6.45, 7) is 6.47. The maximum Gasteiger partial charge on any atom is 0.407 e. The van der Waals surface area contributed by atoms with E-state index in [9.17, 15) is 20.0 Å². The lowest BCUT2D eigenvalue weighted by molar-refractivity contribution is -0.384. The van der Waals surface area contributed by atoms with E-state index in [4.69, 9.17) is 5.73 Å². The molecule has 0 spiro atoms. The first-order chi connectivity index (χ1) is 11.1. The number of likely N-dealkylation sites (tertiary alicyclic amines) is 1. The zero-order chi connectivity index (χ0) is 18.1. The smallest absolute Gasteiger partial charge is 0.407 e. The van der Waals surface area contributed by atoms with Crippen LogP contribution in [0.4, 0.5) is 22.1 Å². The van der Waals surface area contributed by atoms with E-state index >= 15 is 0 Å². The molecule has 1 aliphatic heterocycles. The standard InChI is InChI=1S/C15H23N5O4/c1-15(2,3)12-9(5-4-8-19(12)14(21)22)17-11-7-6-10(20(23)24)13(16)18-11/h6-7,9,12H,4-5,8H2,1-3H3,(H,21,22)(H3,16,17,18). The second-order valence-corrected chi connectivity index (χ2v) is 7.04. The van der Waals surface area contributed by atoms with Gasteiger partial charge in [-0.25, -0.2) is 9.78 Å². The predicted octanol–water partition coefficient (Wildman–Crippen LogP) is 2.54. The number of aromatic nitrogens is 1. The number of amides is 1. The number of carboxylic acid groups (broad SMARTS) is 1. The Morgan fingerprint density at radius 1 is 1.50 bits per heavy atom. The van der Waals surface area contributed by atoms with Crippen LogP contribution in [-0.4, -0.2) is 44.6 Å². The third kappa shape index (κ3) is 3.66. The van der Waals surface area contributed by atoms with Gasteiger partial charge < -0.3 is 21.1 Å². The summed E-state index contributed by atoms with van der Waals surface area (Å²) in [5.41, 5.74) is 5.10. The zero-order valence-electron chi connectivity index (χ0n) is 14.0. The fourth-order valence-electron chi connectivity index (χ4n) is 3.32. The number of anilines is 2. The van der Waals surface area contributed by atoms with Gasteiger partial charge in [0.15, 0.2) is 0 Å². The molecule has 2 rings (SSSR count). The molecule has 1 fully saturated rings. The maximum absolute atomic E-state index is 11.6. The van der Waals surface area contributed by atoms with Crippen LogP contribution in [0, 0.1) is 15.5 Å². The highest BCUT2D eigenvalue weighted by atomic mass is 16.6. The monoisotopic (exact) mass is 337 g/mol. The summed E-state index contributed by atoms with van der Waals surface area (Å²) in [6.07, 6.45) is 0.570. The normalized spacial score (nSPS) is 21.4. The van der Waals surface area contributed by atoms with Crippen molar-refractivity contribution >= 4 is 23.4 Å². The second kappa shape index (κ2) is 6.50. The van der Waals surface area contributed by atoms with Crippen LogP contribution in [0.25, 0.3) is 0 Å². The Balaban J connectivity index is 2.27. The van der Waals surface area contributed by atoms with Crippen molar-refractivity contribution in [2.45, 2.75) is 45.7 Å². The van der Waals surface area contributed by atoms with E-state index in [1.54, 1.807) is 0 Å². The number of carbonyl (C=O) groups is 1. The van der Waals surface area contributed by atoms with Crippen molar-refractivity contribution in [3.63, 3.8) is 0 Å². The number of rotatable bonds is 3. The first kappa shape index (κ1) is 17.8. The van der Waals surface area contributed by atoms with Gasteiger partial charge in [0.25, 0.3) is 0 Å².